The Morgan fingerprint density at radius 3 is 2.20 bits per heavy atom. The van der Waals surface area contributed by atoms with Crippen molar-refractivity contribution in [2.45, 2.75) is 24.2 Å². The fourth-order valence-electron chi connectivity index (χ4n) is 3.53. The van der Waals surface area contributed by atoms with Crippen LogP contribution in [0.25, 0.3) is 0 Å². The van der Waals surface area contributed by atoms with Gasteiger partial charge in [-0.3, -0.25) is 4.79 Å². The zero-order chi connectivity index (χ0) is 21.9. The van der Waals surface area contributed by atoms with Crippen LogP contribution in [0, 0.1) is 5.41 Å². The molecule has 2 aromatic carbocycles. The first kappa shape index (κ1) is 23.2. The first-order valence-electron chi connectivity index (χ1n) is 9.23. The molecule has 0 radical (unpaired) electrons. The number of nitrogens with zero attached hydrogens (tertiary/aromatic N) is 1. The Hall–Kier alpha value is -1.51. The Bertz CT molecular complexity index is 1020. The minimum absolute atomic E-state index is 0.00776. The van der Waals surface area contributed by atoms with Crippen LogP contribution in [0.1, 0.15) is 19.3 Å². The molecule has 162 valence electrons. The third-order valence-corrected chi connectivity index (χ3v) is 8.07. The van der Waals surface area contributed by atoms with Gasteiger partial charge in [0, 0.05) is 35.0 Å². The van der Waals surface area contributed by atoms with Crippen LogP contribution >= 0.6 is 34.8 Å². The number of rotatable bonds is 7. The van der Waals surface area contributed by atoms with Crippen molar-refractivity contribution < 1.29 is 17.9 Å². The minimum atomic E-state index is -3.79. The van der Waals surface area contributed by atoms with Gasteiger partial charge in [-0.15, -0.1) is 0 Å². The monoisotopic (exact) mass is 490 g/mol. The Kier molecular flexibility index (Phi) is 7.20. The lowest BCUT2D eigenvalue weighted by Crippen LogP contribution is -2.47. The van der Waals surface area contributed by atoms with Gasteiger partial charge in [-0.1, -0.05) is 34.8 Å². The summed E-state index contributed by atoms with van der Waals surface area (Å²) in [6, 6.07) is 11.2. The summed E-state index contributed by atoms with van der Waals surface area (Å²) in [5.41, 5.74) is 4.91. The molecule has 1 saturated heterocycles. The van der Waals surface area contributed by atoms with Gasteiger partial charge in [-0.2, -0.15) is 4.31 Å². The van der Waals surface area contributed by atoms with E-state index in [9.17, 15) is 13.2 Å². The van der Waals surface area contributed by atoms with Gasteiger partial charge in [0.2, 0.25) is 15.9 Å². The normalized spacial score (nSPS) is 16.9. The van der Waals surface area contributed by atoms with E-state index in [1.54, 1.807) is 24.3 Å². The SMILES string of the molecule is NC(=O)CC1(COc2ccc(Cl)cc2)CCN(S(=O)(=O)c2ccc(Cl)cc2Cl)CC1. The van der Waals surface area contributed by atoms with Gasteiger partial charge in [0.05, 0.1) is 11.6 Å². The molecule has 2 aromatic rings. The summed E-state index contributed by atoms with van der Waals surface area (Å²) in [5, 5.41) is 1.02. The summed E-state index contributed by atoms with van der Waals surface area (Å²) in [7, 11) is -3.79. The maximum absolute atomic E-state index is 13.0. The van der Waals surface area contributed by atoms with Crippen molar-refractivity contribution in [2.75, 3.05) is 19.7 Å². The number of benzene rings is 2. The Labute approximate surface area is 190 Å². The van der Waals surface area contributed by atoms with Gasteiger partial charge >= 0.3 is 0 Å². The van der Waals surface area contributed by atoms with E-state index in [4.69, 9.17) is 45.3 Å². The molecule has 0 saturated carbocycles. The zero-order valence-corrected chi connectivity index (χ0v) is 19.1. The third-order valence-electron chi connectivity index (χ3n) is 5.20. The second-order valence-corrected chi connectivity index (χ2v) is 10.6. The average Bonchev–Trinajstić information content (AvgIpc) is 2.67. The Morgan fingerprint density at radius 2 is 1.63 bits per heavy atom. The number of hydrogen-bond donors (Lipinski definition) is 1. The molecule has 1 aliphatic heterocycles. The van der Waals surface area contributed by atoms with E-state index in [0.717, 1.165) is 0 Å². The van der Waals surface area contributed by atoms with E-state index >= 15 is 0 Å². The number of primary amides is 1. The lowest BCUT2D eigenvalue weighted by molar-refractivity contribution is -0.121. The molecule has 1 aliphatic rings. The van der Waals surface area contributed by atoms with Gasteiger partial charge in [-0.25, -0.2) is 8.42 Å². The predicted molar refractivity (Wildman–Crippen MR) is 118 cm³/mol. The largest absolute Gasteiger partial charge is 0.493 e. The number of ether oxygens (including phenoxy) is 1. The van der Waals surface area contributed by atoms with E-state index < -0.39 is 21.3 Å². The molecule has 1 fully saturated rings. The number of piperidine rings is 1. The van der Waals surface area contributed by atoms with Gasteiger partial charge in [0.15, 0.2) is 0 Å². The van der Waals surface area contributed by atoms with Gasteiger partial charge in [-0.05, 0) is 55.3 Å². The molecular formula is C20H21Cl3N2O4S. The van der Waals surface area contributed by atoms with Crippen molar-refractivity contribution in [2.24, 2.45) is 11.1 Å². The van der Waals surface area contributed by atoms with Crippen molar-refractivity contribution >= 4 is 50.7 Å². The Balaban J connectivity index is 1.74. The quantitative estimate of drug-likeness (QED) is 0.623. The van der Waals surface area contributed by atoms with Crippen molar-refractivity contribution in [3.05, 3.63) is 57.5 Å². The predicted octanol–water partition coefficient (Wildman–Crippen LogP) is 4.37. The van der Waals surface area contributed by atoms with E-state index in [0.29, 0.717) is 28.6 Å². The molecule has 3 rings (SSSR count). The molecule has 0 aromatic heterocycles. The maximum Gasteiger partial charge on any atom is 0.244 e. The Morgan fingerprint density at radius 1 is 1.03 bits per heavy atom. The molecule has 30 heavy (non-hydrogen) atoms. The van der Waals surface area contributed by atoms with Crippen LogP contribution in [0.15, 0.2) is 47.4 Å². The van der Waals surface area contributed by atoms with E-state index in [1.807, 2.05) is 0 Å². The van der Waals surface area contributed by atoms with Crippen LogP contribution in [0.2, 0.25) is 15.1 Å². The van der Waals surface area contributed by atoms with Gasteiger partial charge < -0.3 is 10.5 Å². The second kappa shape index (κ2) is 9.32. The molecule has 6 nitrogen and oxygen atoms in total. The number of nitrogens with two attached hydrogens (primary N) is 1. The highest BCUT2D eigenvalue weighted by atomic mass is 35.5. The summed E-state index contributed by atoms with van der Waals surface area (Å²) >= 11 is 17.9. The molecule has 0 aliphatic carbocycles. The first-order chi connectivity index (χ1) is 14.1. The molecule has 2 N–H and O–H groups in total. The van der Waals surface area contributed by atoms with Crippen molar-refractivity contribution in [3.63, 3.8) is 0 Å². The molecule has 0 atom stereocenters. The highest BCUT2D eigenvalue weighted by Crippen LogP contribution is 2.38. The summed E-state index contributed by atoms with van der Waals surface area (Å²) in [6.45, 7) is 0.685. The lowest BCUT2D eigenvalue weighted by Gasteiger charge is -2.40. The average molecular weight is 492 g/mol. The van der Waals surface area contributed by atoms with Crippen LogP contribution in [-0.4, -0.2) is 38.3 Å². The van der Waals surface area contributed by atoms with Crippen LogP contribution in [-0.2, 0) is 14.8 Å². The molecule has 0 unspecified atom stereocenters. The van der Waals surface area contributed by atoms with Crippen LogP contribution in [0.5, 0.6) is 5.75 Å². The highest BCUT2D eigenvalue weighted by molar-refractivity contribution is 7.89. The zero-order valence-electron chi connectivity index (χ0n) is 16.0. The lowest BCUT2D eigenvalue weighted by atomic mass is 9.76. The number of amides is 1. The molecular weight excluding hydrogens is 471 g/mol. The number of carbonyl (C=O) groups excluding carboxylic acids is 1. The molecule has 10 heteroatoms. The van der Waals surface area contributed by atoms with Crippen molar-refractivity contribution in [3.8, 4) is 5.75 Å². The van der Waals surface area contributed by atoms with Gasteiger partial charge in [0.1, 0.15) is 10.6 Å². The van der Waals surface area contributed by atoms with Crippen molar-refractivity contribution in [1.82, 2.24) is 4.31 Å². The molecule has 0 spiro atoms. The van der Waals surface area contributed by atoms with Crippen molar-refractivity contribution in [1.29, 1.82) is 0 Å². The summed E-state index contributed by atoms with van der Waals surface area (Å²) in [4.78, 5) is 11.7. The maximum atomic E-state index is 13.0. The number of carbonyl (C=O) groups is 1. The van der Waals surface area contributed by atoms with Crippen LogP contribution in [0.4, 0.5) is 0 Å². The molecule has 1 amide bonds. The van der Waals surface area contributed by atoms with Gasteiger partial charge in [0.25, 0.3) is 0 Å². The van der Waals surface area contributed by atoms with Crippen LogP contribution in [0.3, 0.4) is 0 Å². The summed E-state index contributed by atoms with van der Waals surface area (Å²) < 4.78 is 33.3. The summed E-state index contributed by atoms with van der Waals surface area (Å²) in [6.07, 6.45) is 0.956. The fourth-order valence-corrected chi connectivity index (χ4v) is 5.85. The molecule has 0 bridgehead atoms. The number of halogens is 3. The number of hydrogen-bond acceptors (Lipinski definition) is 4. The first-order valence-corrected chi connectivity index (χ1v) is 11.8. The number of sulfonamides is 1. The fraction of sp³-hybridized carbons (Fsp3) is 0.350. The standard InChI is InChI=1S/C20H21Cl3N2O4S/c21-14-1-4-16(5-2-14)29-13-20(12-19(24)26)7-9-25(10-8-20)30(27,28)18-6-3-15(22)11-17(18)23/h1-6,11H,7-10,12-13H2,(H2,24,26). The van der Waals surface area contributed by atoms with Crippen LogP contribution < -0.4 is 10.5 Å². The van der Waals surface area contributed by atoms with E-state index in [1.165, 1.54) is 22.5 Å². The smallest absolute Gasteiger partial charge is 0.244 e. The second-order valence-electron chi connectivity index (χ2n) is 7.36. The minimum Gasteiger partial charge on any atom is -0.493 e. The topological polar surface area (TPSA) is 89.7 Å². The third kappa shape index (κ3) is 5.39. The van der Waals surface area contributed by atoms with E-state index in [2.05, 4.69) is 0 Å². The highest BCUT2D eigenvalue weighted by Gasteiger charge is 2.40. The molecule has 1 heterocycles. The van der Waals surface area contributed by atoms with E-state index in [-0.39, 0.29) is 36.0 Å². The summed E-state index contributed by atoms with van der Waals surface area (Å²) in [5.74, 6) is 0.165.